The van der Waals surface area contributed by atoms with Crippen LogP contribution < -0.4 is 0 Å². The zero-order valence-corrected chi connectivity index (χ0v) is 10.0. The summed E-state index contributed by atoms with van der Waals surface area (Å²) in [5.41, 5.74) is 1.01. The van der Waals surface area contributed by atoms with E-state index in [9.17, 15) is 5.11 Å². The second-order valence-electron chi connectivity index (χ2n) is 3.30. The van der Waals surface area contributed by atoms with Gasteiger partial charge in [0.1, 0.15) is 0 Å². The summed E-state index contributed by atoms with van der Waals surface area (Å²) in [7, 11) is 3.91. The van der Waals surface area contributed by atoms with Gasteiger partial charge in [0, 0.05) is 10.1 Å². The molecule has 1 N–H and O–H groups in total. The van der Waals surface area contributed by atoms with Crippen molar-refractivity contribution in [2.45, 2.75) is 6.10 Å². The van der Waals surface area contributed by atoms with E-state index < -0.39 is 0 Å². The Morgan fingerprint density at radius 3 is 2.54 bits per heavy atom. The van der Waals surface area contributed by atoms with Crippen molar-refractivity contribution in [1.82, 2.24) is 4.90 Å². The molecule has 1 rings (SSSR count). The number of benzene rings is 1. The monoisotopic (exact) mass is 291 g/mol. The Bertz CT molecular complexity index is 275. The molecule has 1 aromatic rings. The molecule has 13 heavy (non-hydrogen) atoms. The lowest BCUT2D eigenvalue weighted by Gasteiger charge is -2.17. The standard InChI is InChI=1S/C10H14INO/c1-12(2)7-10(13)8-5-3-4-6-9(8)11/h3-6,10,13H,7H2,1-2H3/t10-/m1/s1. The number of hydrogen-bond acceptors (Lipinski definition) is 2. The SMILES string of the molecule is CN(C)C[C@@H](O)c1ccccc1I. The maximum absolute atomic E-state index is 9.83. The minimum Gasteiger partial charge on any atom is -0.387 e. The molecule has 72 valence electrons. The van der Waals surface area contributed by atoms with Gasteiger partial charge in [-0.25, -0.2) is 0 Å². The fraction of sp³-hybridized carbons (Fsp3) is 0.400. The van der Waals surface area contributed by atoms with Crippen LogP contribution in [0, 0.1) is 3.57 Å². The lowest BCUT2D eigenvalue weighted by Crippen LogP contribution is -2.20. The third-order valence-electron chi connectivity index (χ3n) is 1.80. The van der Waals surface area contributed by atoms with Crippen LogP contribution in [0.5, 0.6) is 0 Å². The van der Waals surface area contributed by atoms with E-state index in [1.165, 1.54) is 0 Å². The average molecular weight is 291 g/mol. The Labute approximate surface area is 92.7 Å². The molecule has 0 bridgehead atoms. The van der Waals surface area contributed by atoms with E-state index in [-0.39, 0.29) is 6.10 Å². The molecular weight excluding hydrogens is 277 g/mol. The van der Waals surface area contributed by atoms with Gasteiger partial charge in [-0.15, -0.1) is 0 Å². The van der Waals surface area contributed by atoms with Crippen molar-refractivity contribution in [3.8, 4) is 0 Å². The van der Waals surface area contributed by atoms with Crippen LogP contribution in [-0.2, 0) is 0 Å². The van der Waals surface area contributed by atoms with Crippen LogP contribution in [0.2, 0.25) is 0 Å². The predicted molar refractivity (Wildman–Crippen MR) is 62.7 cm³/mol. The highest BCUT2D eigenvalue weighted by atomic mass is 127. The molecule has 2 nitrogen and oxygen atoms in total. The van der Waals surface area contributed by atoms with Gasteiger partial charge in [0.05, 0.1) is 6.10 Å². The van der Waals surface area contributed by atoms with E-state index in [4.69, 9.17) is 0 Å². The first-order valence-corrected chi connectivity index (χ1v) is 5.26. The Morgan fingerprint density at radius 1 is 1.38 bits per heavy atom. The van der Waals surface area contributed by atoms with Gasteiger partial charge < -0.3 is 10.0 Å². The molecule has 3 heteroatoms. The molecule has 0 aliphatic rings. The summed E-state index contributed by atoms with van der Waals surface area (Å²) in [5, 5.41) is 9.83. The van der Waals surface area contributed by atoms with Crippen LogP contribution in [0.1, 0.15) is 11.7 Å². The van der Waals surface area contributed by atoms with Gasteiger partial charge in [0.25, 0.3) is 0 Å². The van der Waals surface area contributed by atoms with Crippen molar-refractivity contribution in [1.29, 1.82) is 0 Å². The van der Waals surface area contributed by atoms with E-state index in [0.29, 0.717) is 6.54 Å². The second kappa shape index (κ2) is 4.93. The summed E-state index contributed by atoms with van der Waals surface area (Å²) in [5.74, 6) is 0. The Hall–Kier alpha value is -0.130. The zero-order chi connectivity index (χ0) is 9.84. The molecule has 0 amide bonds. The van der Waals surface area contributed by atoms with Gasteiger partial charge in [-0.2, -0.15) is 0 Å². The largest absolute Gasteiger partial charge is 0.387 e. The predicted octanol–water partition coefficient (Wildman–Crippen LogP) is 1.89. The van der Waals surface area contributed by atoms with Crippen molar-refractivity contribution in [2.75, 3.05) is 20.6 Å². The number of aliphatic hydroxyl groups is 1. The first-order valence-electron chi connectivity index (χ1n) is 4.18. The van der Waals surface area contributed by atoms with Gasteiger partial charge in [0.15, 0.2) is 0 Å². The van der Waals surface area contributed by atoms with Crippen molar-refractivity contribution >= 4 is 22.6 Å². The number of aliphatic hydroxyl groups excluding tert-OH is 1. The highest BCUT2D eigenvalue weighted by Gasteiger charge is 2.10. The minimum absolute atomic E-state index is 0.386. The number of likely N-dealkylation sites (N-methyl/N-ethyl adjacent to an activating group) is 1. The molecule has 1 aromatic carbocycles. The summed E-state index contributed by atoms with van der Waals surface area (Å²) in [6.07, 6.45) is -0.386. The molecule has 0 saturated carbocycles. The van der Waals surface area contributed by atoms with Gasteiger partial charge in [-0.3, -0.25) is 0 Å². The van der Waals surface area contributed by atoms with Crippen molar-refractivity contribution < 1.29 is 5.11 Å². The van der Waals surface area contributed by atoms with Crippen LogP contribution >= 0.6 is 22.6 Å². The number of rotatable bonds is 3. The molecule has 0 heterocycles. The molecule has 0 aliphatic carbocycles. The van der Waals surface area contributed by atoms with E-state index >= 15 is 0 Å². The van der Waals surface area contributed by atoms with Crippen LogP contribution in [0.3, 0.4) is 0 Å². The molecule has 1 atom stereocenters. The zero-order valence-electron chi connectivity index (χ0n) is 7.87. The molecule has 0 aromatic heterocycles. The fourth-order valence-corrected chi connectivity index (χ4v) is 1.94. The molecule has 0 unspecified atom stereocenters. The Morgan fingerprint density at radius 2 is 2.00 bits per heavy atom. The second-order valence-corrected chi connectivity index (χ2v) is 4.46. The number of halogens is 1. The van der Waals surface area contributed by atoms with Gasteiger partial charge in [-0.05, 0) is 48.3 Å². The summed E-state index contributed by atoms with van der Waals surface area (Å²) >= 11 is 2.24. The first kappa shape index (κ1) is 10.9. The summed E-state index contributed by atoms with van der Waals surface area (Å²) in [4.78, 5) is 1.98. The van der Waals surface area contributed by atoms with Crippen LogP contribution in [0.25, 0.3) is 0 Å². The van der Waals surface area contributed by atoms with E-state index in [1.807, 2.05) is 43.3 Å². The van der Waals surface area contributed by atoms with E-state index in [2.05, 4.69) is 22.6 Å². The van der Waals surface area contributed by atoms with Crippen LogP contribution in [0.15, 0.2) is 24.3 Å². The van der Waals surface area contributed by atoms with E-state index in [1.54, 1.807) is 0 Å². The van der Waals surface area contributed by atoms with E-state index in [0.717, 1.165) is 9.13 Å². The molecule has 0 fully saturated rings. The molecule has 0 spiro atoms. The lowest BCUT2D eigenvalue weighted by atomic mass is 10.1. The number of nitrogens with zero attached hydrogens (tertiary/aromatic N) is 1. The molecule has 0 aliphatic heterocycles. The third kappa shape index (κ3) is 3.25. The van der Waals surface area contributed by atoms with Gasteiger partial charge >= 0.3 is 0 Å². The maximum atomic E-state index is 9.83. The Balaban J connectivity index is 2.76. The van der Waals surface area contributed by atoms with Crippen LogP contribution in [0.4, 0.5) is 0 Å². The molecular formula is C10H14INO. The van der Waals surface area contributed by atoms with Crippen molar-refractivity contribution in [3.05, 3.63) is 33.4 Å². The quantitative estimate of drug-likeness (QED) is 0.860. The molecule has 0 saturated heterocycles. The third-order valence-corrected chi connectivity index (χ3v) is 2.78. The summed E-state index contributed by atoms with van der Waals surface area (Å²) in [6, 6.07) is 7.91. The number of hydrogen-bond donors (Lipinski definition) is 1. The van der Waals surface area contributed by atoms with Gasteiger partial charge in [-0.1, -0.05) is 18.2 Å². The topological polar surface area (TPSA) is 23.5 Å². The lowest BCUT2D eigenvalue weighted by molar-refractivity contribution is 0.137. The first-order chi connectivity index (χ1) is 6.11. The van der Waals surface area contributed by atoms with Crippen molar-refractivity contribution in [3.63, 3.8) is 0 Å². The normalized spacial score (nSPS) is 13.3. The van der Waals surface area contributed by atoms with Crippen LogP contribution in [-0.4, -0.2) is 30.6 Å². The Kier molecular flexibility index (Phi) is 4.15. The maximum Gasteiger partial charge on any atom is 0.0926 e. The highest BCUT2D eigenvalue weighted by molar-refractivity contribution is 14.1. The van der Waals surface area contributed by atoms with Gasteiger partial charge in [0.2, 0.25) is 0 Å². The fourth-order valence-electron chi connectivity index (χ4n) is 1.19. The highest BCUT2D eigenvalue weighted by Crippen LogP contribution is 2.19. The average Bonchev–Trinajstić information content (AvgIpc) is 2.03. The smallest absolute Gasteiger partial charge is 0.0926 e. The summed E-state index contributed by atoms with van der Waals surface area (Å²) in [6.45, 7) is 0.667. The summed E-state index contributed by atoms with van der Waals surface area (Å²) < 4.78 is 1.12. The molecule has 0 radical (unpaired) electrons. The minimum atomic E-state index is -0.386. The van der Waals surface area contributed by atoms with Crippen molar-refractivity contribution in [2.24, 2.45) is 0 Å².